The largest absolute Gasteiger partial charge is 0.312 e. The van der Waals surface area contributed by atoms with Crippen LogP contribution in [-0.2, 0) is 24.7 Å². The van der Waals surface area contributed by atoms with Gasteiger partial charge in [0.05, 0.1) is 20.0 Å². The highest BCUT2D eigenvalue weighted by Crippen LogP contribution is 2.30. The molecule has 1 aromatic heterocycles. The molecule has 11 heteroatoms. The number of hydrogen-bond acceptors (Lipinski definition) is 7. The highest BCUT2D eigenvalue weighted by Gasteiger charge is 2.21. The first-order valence-electron chi connectivity index (χ1n) is 9.17. The van der Waals surface area contributed by atoms with E-state index >= 15 is 0 Å². The summed E-state index contributed by atoms with van der Waals surface area (Å²) in [7, 11) is -7.25. The van der Waals surface area contributed by atoms with Crippen molar-refractivity contribution in [2.45, 2.75) is 29.1 Å². The molecule has 0 aliphatic carbocycles. The summed E-state index contributed by atoms with van der Waals surface area (Å²) in [6.45, 7) is 0.629. The smallest absolute Gasteiger partial charge is 0.263 e. The third kappa shape index (κ3) is 4.18. The van der Waals surface area contributed by atoms with Crippen LogP contribution in [0, 0.1) is 0 Å². The second kappa shape index (κ2) is 7.64. The topological polar surface area (TPSA) is 114 Å². The van der Waals surface area contributed by atoms with Crippen LogP contribution >= 0.6 is 11.3 Å². The van der Waals surface area contributed by atoms with Crippen molar-refractivity contribution < 1.29 is 21.6 Å². The van der Waals surface area contributed by atoms with Gasteiger partial charge < -0.3 is 4.90 Å². The van der Waals surface area contributed by atoms with Crippen LogP contribution in [0.4, 0.5) is 10.8 Å². The fraction of sp³-hybridized carbons (Fsp3) is 0.263. The van der Waals surface area contributed by atoms with E-state index < -0.39 is 19.9 Å². The molecule has 1 N–H and O–H groups in total. The SMILES string of the molecule is CS(=O)(=O)c1ccc2nc(NS(=O)(=O)c3ccc(N4CCCCC4=O)cc3)sc2c1. The zero-order chi connectivity index (χ0) is 21.5. The normalized spacial score (nSPS) is 15.5. The second-order valence-corrected chi connectivity index (χ2v) is 11.8. The van der Waals surface area contributed by atoms with E-state index in [0.717, 1.165) is 30.4 Å². The first kappa shape index (κ1) is 20.8. The molecule has 0 bridgehead atoms. The third-order valence-electron chi connectivity index (χ3n) is 4.79. The highest BCUT2D eigenvalue weighted by molar-refractivity contribution is 7.93. The lowest BCUT2D eigenvalue weighted by Gasteiger charge is -2.26. The Kier molecular flexibility index (Phi) is 5.28. The van der Waals surface area contributed by atoms with Crippen LogP contribution in [0.25, 0.3) is 10.2 Å². The van der Waals surface area contributed by atoms with E-state index in [1.54, 1.807) is 23.1 Å². The molecule has 0 unspecified atom stereocenters. The predicted molar refractivity (Wildman–Crippen MR) is 116 cm³/mol. The molecule has 158 valence electrons. The van der Waals surface area contributed by atoms with Gasteiger partial charge in [0.2, 0.25) is 5.91 Å². The van der Waals surface area contributed by atoms with Gasteiger partial charge in [0.25, 0.3) is 10.0 Å². The van der Waals surface area contributed by atoms with Crippen LogP contribution in [0.15, 0.2) is 52.3 Å². The van der Waals surface area contributed by atoms with E-state index in [0.29, 0.717) is 28.9 Å². The van der Waals surface area contributed by atoms with Gasteiger partial charge >= 0.3 is 0 Å². The molecule has 0 radical (unpaired) electrons. The molecular formula is C19H19N3O5S3. The summed E-state index contributed by atoms with van der Waals surface area (Å²) in [6, 6.07) is 10.6. The van der Waals surface area contributed by atoms with Gasteiger partial charge in [-0.15, -0.1) is 0 Å². The summed E-state index contributed by atoms with van der Waals surface area (Å²) >= 11 is 1.06. The predicted octanol–water partition coefficient (Wildman–Crippen LogP) is 3.02. The number of rotatable bonds is 5. The van der Waals surface area contributed by atoms with Gasteiger partial charge in [-0.1, -0.05) is 11.3 Å². The van der Waals surface area contributed by atoms with Crippen LogP contribution in [0.1, 0.15) is 19.3 Å². The number of carbonyl (C=O) groups is 1. The highest BCUT2D eigenvalue weighted by atomic mass is 32.2. The Balaban J connectivity index is 1.57. The summed E-state index contributed by atoms with van der Waals surface area (Å²) in [6.07, 6.45) is 3.41. The number of nitrogens with one attached hydrogen (secondary N) is 1. The molecule has 1 aliphatic heterocycles. The van der Waals surface area contributed by atoms with Crippen LogP contribution in [0.3, 0.4) is 0 Å². The number of benzene rings is 2. The van der Waals surface area contributed by atoms with E-state index in [1.807, 2.05) is 0 Å². The van der Waals surface area contributed by atoms with Crippen LogP contribution in [-0.4, -0.2) is 40.5 Å². The van der Waals surface area contributed by atoms with Gasteiger partial charge in [-0.05, 0) is 55.3 Å². The van der Waals surface area contributed by atoms with Gasteiger partial charge in [-0.2, -0.15) is 0 Å². The van der Waals surface area contributed by atoms with Crippen LogP contribution in [0.5, 0.6) is 0 Å². The maximum Gasteiger partial charge on any atom is 0.263 e. The van der Waals surface area contributed by atoms with E-state index in [9.17, 15) is 21.6 Å². The Hall–Kier alpha value is -2.50. The van der Waals surface area contributed by atoms with Gasteiger partial charge in [0, 0.05) is 24.9 Å². The van der Waals surface area contributed by atoms with Crippen LogP contribution in [0.2, 0.25) is 0 Å². The monoisotopic (exact) mass is 465 g/mol. The minimum atomic E-state index is -3.88. The maximum absolute atomic E-state index is 12.7. The van der Waals surface area contributed by atoms with E-state index in [4.69, 9.17) is 0 Å². The first-order valence-corrected chi connectivity index (χ1v) is 13.4. The Morgan fingerprint density at radius 3 is 2.37 bits per heavy atom. The molecule has 0 saturated carbocycles. The summed E-state index contributed by atoms with van der Waals surface area (Å²) < 4.78 is 51.9. The lowest BCUT2D eigenvalue weighted by molar-refractivity contribution is -0.119. The van der Waals surface area contributed by atoms with E-state index in [1.165, 1.54) is 24.3 Å². The number of fused-ring (bicyclic) bond motifs is 1. The third-order valence-corrected chi connectivity index (χ3v) is 8.32. The average Bonchev–Trinajstić information content (AvgIpc) is 3.08. The van der Waals surface area contributed by atoms with E-state index in [-0.39, 0.29) is 20.8 Å². The quantitative estimate of drug-likeness (QED) is 0.620. The number of hydrogen-bond donors (Lipinski definition) is 1. The van der Waals surface area contributed by atoms with Gasteiger partial charge in [-0.25, -0.2) is 21.8 Å². The number of amides is 1. The summed E-state index contributed by atoms with van der Waals surface area (Å²) in [5.74, 6) is 0.0397. The molecule has 0 atom stereocenters. The first-order chi connectivity index (χ1) is 14.1. The van der Waals surface area contributed by atoms with Crippen molar-refractivity contribution in [2.75, 3.05) is 22.4 Å². The number of piperidine rings is 1. The van der Waals surface area contributed by atoms with Crippen molar-refractivity contribution in [3.63, 3.8) is 0 Å². The van der Waals surface area contributed by atoms with Gasteiger partial charge in [0.15, 0.2) is 15.0 Å². The van der Waals surface area contributed by atoms with Crippen molar-refractivity contribution in [3.05, 3.63) is 42.5 Å². The number of aromatic nitrogens is 1. The minimum Gasteiger partial charge on any atom is -0.312 e. The number of carbonyl (C=O) groups excluding carboxylic acids is 1. The molecular weight excluding hydrogens is 446 g/mol. The van der Waals surface area contributed by atoms with Crippen molar-refractivity contribution in [3.8, 4) is 0 Å². The molecule has 2 aromatic carbocycles. The lowest BCUT2D eigenvalue weighted by atomic mass is 10.1. The molecule has 3 aromatic rings. The molecule has 1 amide bonds. The van der Waals surface area contributed by atoms with Crippen LogP contribution < -0.4 is 9.62 Å². The second-order valence-electron chi connectivity index (χ2n) is 7.02. The number of nitrogens with zero attached hydrogens (tertiary/aromatic N) is 2. The molecule has 30 heavy (non-hydrogen) atoms. The summed E-state index contributed by atoms with van der Waals surface area (Å²) in [4.78, 5) is 18.1. The lowest BCUT2D eigenvalue weighted by Crippen LogP contribution is -2.35. The standard InChI is InChI=1S/C19H19N3O5S3/c1-29(24,25)15-9-10-16-17(12-15)28-19(20-16)21-30(26,27)14-7-5-13(6-8-14)22-11-3-2-4-18(22)23/h5-10,12H,2-4,11H2,1H3,(H,20,21). The van der Waals surface area contributed by atoms with Crippen molar-refractivity contribution in [1.29, 1.82) is 0 Å². The molecule has 0 spiro atoms. The van der Waals surface area contributed by atoms with Crippen molar-refractivity contribution in [2.24, 2.45) is 0 Å². The summed E-state index contributed by atoms with van der Waals surface area (Å²) in [5.41, 5.74) is 1.18. The Morgan fingerprint density at radius 2 is 1.70 bits per heavy atom. The molecule has 2 heterocycles. The number of sulfonamides is 1. The molecule has 8 nitrogen and oxygen atoms in total. The Bertz CT molecular complexity index is 1330. The fourth-order valence-electron chi connectivity index (χ4n) is 3.24. The van der Waals surface area contributed by atoms with Gasteiger partial charge in [-0.3, -0.25) is 9.52 Å². The van der Waals surface area contributed by atoms with Crippen molar-refractivity contribution in [1.82, 2.24) is 4.98 Å². The average molecular weight is 466 g/mol. The maximum atomic E-state index is 12.7. The number of anilines is 2. The number of sulfone groups is 1. The Labute approximate surface area is 178 Å². The minimum absolute atomic E-state index is 0.0397. The summed E-state index contributed by atoms with van der Waals surface area (Å²) in [5, 5.41) is 0.144. The molecule has 1 fully saturated rings. The zero-order valence-corrected chi connectivity index (χ0v) is 18.5. The zero-order valence-electron chi connectivity index (χ0n) is 16.0. The van der Waals surface area contributed by atoms with Crippen molar-refractivity contribution >= 4 is 58.1 Å². The molecule has 1 aliphatic rings. The fourth-order valence-corrected chi connectivity index (χ4v) is 6.10. The number of thiazole rings is 1. The van der Waals surface area contributed by atoms with Gasteiger partial charge in [0.1, 0.15) is 0 Å². The molecule has 1 saturated heterocycles. The molecule has 4 rings (SSSR count). The Morgan fingerprint density at radius 1 is 1.00 bits per heavy atom. The van der Waals surface area contributed by atoms with E-state index in [2.05, 4.69) is 9.71 Å².